The maximum atomic E-state index is 12.4. The average molecular weight is 336 g/mol. The standard InChI is InChI=1S/C12H18ClN3O4S/c1-3-16(8-12(17)15-14)21(18,19)9-5-6-11(20-4-2)10(13)7-9/h5-7H,3-4,8,14H2,1-2H3,(H,15,17). The summed E-state index contributed by atoms with van der Waals surface area (Å²) in [7, 11) is -3.83. The normalized spacial score (nSPS) is 11.5. The number of hydrogen-bond donors (Lipinski definition) is 2. The monoisotopic (exact) mass is 335 g/mol. The summed E-state index contributed by atoms with van der Waals surface area (Å²) in [6.45, 7) is 3.60. The Morgan fingerprint density at radius 3 is 2.57 bits per heavy atom. The van der Waals surface area contributed by atoms with Crippen LogP contribution in [0.2, 0.25) is 5.02 Å². The molecule has 1 aromatic rings. The van der Waals surface area contributed by atoms with Crippen molar-refractivity contribution < 1.29 is 17.9 Å². The number of ether oxygens (including phenoxy) is 1. The first-order valence-corrected chi connectivity index (χ1v) is 8.10. The number of rotatable bonds is 7. The Morgan fingerprint density at radius 2 is 2.10 bits per heavy atom. The number of nitrogens with two attached hydrogens (primary N) is 1. The van der Waals surface area contributed by atoms with Crippen molar-refractivity contribution in [3.8, 4) is 5.75 Å². The third-order valence-corrected chi connectivity index (χ3v) is 4.89. The van der Waals surface area contributed by atoms with Gasteiger partial charge in [-0.2, -0.15) is 4.31 Å². The molecule has 0 heterocycles. The van der Waals surface area contributed by atoms with Crippen LogP contribution in [-0.2, 0) is 14.8 Å². The summed E-state index contributed by atoms with van der Waals surface area (Å²) in [6.07, 6.45) is 0. The topological polar surface area (TPSA) is 102 Å². The van der Waals surface area contributed by atoms with Crippen LogP contribution in [0.4, 0.5) is 0 Å². The van der Waals surface area contributed by atoms with E-state index in [4.69, 9.17) is 22.2 Å². The molecule has 1 aromatic carbocycles. The average Bonchev–Trinajstić information content (AvgIpc) is 2.46. The molecule has 0 unspecified atom stereocenters. The number of amides is 1. The molecule has 0 radical (unpaired) electrons. The van der Waals surface area contributed by atoms with Gasteiger partial charge in [0.25, 0.3) is 0 Å². The first kappa shape index (κ1) is 17.7. The third kappa shape index (κ3) is 4.31. The second-order valence-electron chi connectivity index (χ2n) is 4.02. The number of sulfonamides is 1. The van der Waals surface area contributed by atoms with E-state index >= 15 is 0 Å². The Kier molecular flexibility index (Phi) is 6.41. The zero-order valence-corrected chi connectivity index (χ0v) is 13.4. The molecule has 1 amide bonds. The Hall–Kier alpha value is -1.35. The highest BCUT2D eigenvalue weighted by molar-refractivity contribution is 7.89. The van der Waals surface area contributed by atoms with Gasteiger partial charge in [-0.1, -0.05) is 18.5 Å². The summed E-state index contributed by atoms with van der Waals surface area (Å²) in [6, 6.07) is 4.16. The van der Waals surface area contributed by atoms with Gasteiger partial charge in [-0.15, -0.1) is 0 Å². The minimum Gasteiger partial charge on any atom is -0.492 e. The molecule has 1 rings (SSSR count). The van der Waals surface area contributed by atoms with Gasteiger partial charge in [0, 0.05) is 6.54 Å². The van der Waals surface area contributed by atoms with Gasteiger partial charge in [0.15, 0.2) is 0 Å². The van der Waals surface area contributed by atoms with Crippen LogP contribution >= 0.6 is 11.6 Å². The maximum Gasteiger partial charge on any atom is 0.249 e. The van der Waals surface area contributed by atoms with Gasteiger partial charge in [0.1, 0.15) is 5.75 Å². The Balaban J connectivity index is 3.11. The van der Waals surface area contributed by atoms with Crippen LogP contribution < -0.4 is 16.0 Å². The van der Waals surface area contributed by atoms with Crippen molar-refractivity contribution in [1.82, 2.24) is 9.73 Å². The van der Waals surface area contributed by atoms with Crippen molar-refractivity contribution in [2.45, 2.75) is 18.7 Å². The fraction of sp³-hybridized carbons (Fsp3) is 0.417. The minimum absolute atomic E-state index is 0.0115. The van der Waals surface area contributed by atoms with E-state index in [2.05, 4.69) is 0 Å². The summed E-state index contributed by atoms with van der Waals surface area (Å²) in [5, 5.41) is 0.192. The van der Waals surface area contributed by atoms with Crippen LogP contribution in [0.25, 0.3) is 0 Å². The van der Waals surface area contributed by atoms with E-state index in [0.717, 1.165) is 4.31 Å². The van der Waals surface area contributed by atoms with E-state index in [1.807, 2.05) is 5.43 Å². The van der Waals surface area contributed by atoms with Crippen LogP contribution in [0, 0.1) is 0 Å². The largest absolute Gasteiger partial charge is 0.492 e. The Morgan fingerprint density at radius 1 is 1.43 bits per heavy atom. The molecule has 0 aromatic heterocycles. The molecular formula is C12H18ClN3O4S. The summed E-state index contributed by atoms with van der Waals surface area (Å²) in [5.41, 5.74) is 1.90. The number of halogens is 1. The molecule has 0 aliphatic heterocycles. The fourth-order valence-electron chi connectivity index (χ4n) is 1.64. The molecule has 0 bridgehead atoms. The lowest BCUT2D eigenvalue weighted by Crippen LogP contribution is -2.42. The van der Waals surface area contributed by atoms with Gasteiger partial charge in [-0.3, -0.25) is 10.2 Å². The lowest BCUT2D eigenvalue weighted by Gasteiger charge is -2.20. The molecule has 0 aliphatic rings. The molecule has 0 aliphatic carbocycles. The maximum absolute atomic E-state index is 12.4. The molecule has 0 fully saturated rings. The summed E-state index contributed by atoms with van der Waals surface area (Å²) in [4.78, 5) is 11.3. The molecule has 0 spiro atoms. The second kappa shape index (κ2) is 7.60. The molecule has 21 heavy (non-hydrogen) atoms. The molecule has 0 saturated carbocycles. The predicted octanol–water partition coefficient (Wildman–Crippen LogP) is 0.739. The summed E-state index contributed by atoms with van der Waals surface area (Å²) < 4.78 is 31.1. The van der Waals surface area contributed by atoms with E-state index in [-0.39, 0.29) is 23.0 Å². The molecule has 7 nitrogen and oxygen atoms in total. The van der Waals surface area contributed by atoms with Crippen molar-refractivity contribution in [1.29, 1.82) is 0 Å². The van der Waals surface area contributed by atoms with Crippen molar-refractivity contribution >= 4 is 27.5 Å². The van der Waals surface area contributed by atoms with Gasteiger partial charge in [0.05, 0.1) is 23.1 Å². The van der Waals surface area contributed by atoms with E-state index in [1.165, 1.54) is 18.2 Å². The summed E-state index contributed by atoms with van der Waals surface area (Å²) >= 11 is 5.99. The Labute approximate surface area is 129 Å². The van der Waals surface area contributed by atoms with Crippen molar-refractivity contribution in [2.24, 2.45) is 5.84 Å². The lowest BCUT2D eigenvalue weighted by atomic mass is 10.3. The zero-order chi connectivity index (χ0) is 16.0. The highest BCUT2D eigenvalue weighted by Gasteiger charge is 2.25. The molecule has 0 atom stereocenters. The van der Waals surface area contributed by atoms with Gasteiger partial charge >= 0.3 is 0 Å². The second-order valence-corrected chi connectivity index (χ2v) is 6.37. The number of nitrogens with one attached hydrogen (secondary N) is 1. The molecule has 0 saturated heterocycles. The SMILES string of the molecule is CCOc1ccc(S(=O)(=O)N(CC)CC(=O)NN)cc1Cl. The van der Waals surface area contributed by atoms with E-state index in [9.17, 15) is 13.2 Å². The molecule has 3 N–H and O–H groups in total. The number of carbonyl (C=O) groups excluding carboxylic acids is 1. The van der Waals surface area contributed by atoms with Gasteiger partial charge in [-0.05, 0) is 25.1 Å². The first-order valence-electron chi connectivity index (χ1n) is 6.28. The number of hydrazine groups is 1. The number of benzene rings is 1. The molecular weight excluding hydrogens is 318 g/mol. The van der Waals surface area contributed by atoms with Gasteiger partial charge < -0.3 is 4.74 Å². The van der Waals surface area contributed by atoms with Crippen molar-refractivity contribution in [3.63, 3.8) is 0 Å². The first-order chi connectivity index (χ1) is 9.86. The van der Waals surface area contributed by atoms with Crippen molar-refractivity contribution in [3.05, 3.63) is 23.2 Å². The molecule has 9 heteroatoms. The van der Waals surface area contributed by atoms with Crippen LogP contribution in [0.5, 0.6) is 5.75 Å². The third-order valence-electron chi connectivity index (χ3n) is 2.67. The van der Waals surface area contributed by atoms with Crippen LogP contribution in [0.15, 0.2) is 23.1 Å². The smallest absolute Gasteiger partial charge is 0.249 e. The highest BCUT2D eigenvalue weighted by atomic mass is 35.5. The number of carbonyl (C=O) groups is 1. The van der Waals surface area contributed by atoms with Crippen LogP contribution in [0.3, 0.4) is 0 Å². The van der Waals surface area contributed by atoms with E-state index in [0.29, 0.717) is 12.4 Å². The van der Waals surface area contributed by atoms with E-state index < -0.39 is 15.9 Å². The zero-order valence-electron chi connectivity index (χ0n) is 11.8. The number of likely N-dealkylation sites (N-methyl/N-ethyl adjacent to an activating group) is 1. The quantitative estimate of drug-likeness (QED) is 0.434. The van der Waals surface area contributed by atoms with Gasteiger partial charge in [-0.25, -0.2) is 14.3 Å². The highest BCUT2D eigenvalue weighted by Crippen LogP contribution is 2.28. The van der Waals surface area contributed by atoms with Crippen LogP contribution in [0.1, 0.15) is 13.8 Å². The minimum atomic E-state index is -3.83. The summed E-state index contributed by atoms with van der Waals surface area (Å²) in [5.74, 6) is 4.78. The van der Waals surface area contributed by atoms with Crippen LogP contribution in [-0.4, -0.2) is 38.3 Å². The molecule has 118 valence electrons. The van der Waals surface area contributed by atoms with E-state index in [1.54, 1.807) is 13.8 Å². The predicted molar refractivity (Wildman–Crippen MR) is 79.4 cm³/mol. The number of hydrogen-bond acceptors (Lipinski definition) is 5. The lowest BCUT2D eigenvalue weighted by molar-refractivity contribution is -0.121. The van der Waals surface area contributed by atoms with Gasteiger partial charge in [0.2, 0.25) is 15.9 Å². The van der Waals surface area contributed by atoms with Crippen molar-refractivity contribution in [2.75, 3.05) is 19.7 Å². The number of nitrogens with zero attached hydrogens (tertiary/aromatic N) is 1. The fourth-order valence-corrected chi connectivity index (χ4v) is 3.37. The Bertz CT molecular complexity index is 607.